The number of aromatic nitrogens is 5. The van der Waals surface area contributed by atoms with E-state index in [4.69, 9.17) is 14.2 Å². The lowest BCUT2D eigenvalue weighted by molar-refractivity contribution is 0.0658. The molecule has 0 spiro atoms. The first-order chi connectivity index (χ1) is 32.1. The molecule has 18 heteroatoms. The highest BCUT2D eigenvalue weighted by Crippen LogP contribution is 2.56. The summed E-state index contributed by atoms with van der Waals surface area (Å²) in [6, 6.07) is 16.8. The molecule has 6 heterocycles. The van der Waals surface area contributed by atoms with Gasteiger partial charge in [-0.3, -0.25) is 24.0 Å². The Labute approximate surface area is 385 Å². The summed E-state index contributed by atoms with van der Waals surface area (Å²) < 4.78 is 54.8. The molecule has 5 aliphatic rings. The van der Waals surface area contributed by atoms with Crippen molar-refractivity contribution in [1.82, 2.24) is 34.1 Å². The van der Waals surface area contributed by atoms with Crippen molar-refractivity contribution < 1.29 is 31.7 Å². The molecule has 0 unspecified atom stereocenters. The van der Waals surface area contributed by atoms with E-state index in [9.17, 15) is 22.8 Å². The molecule has 3 atom stereocenters. The van der Waals surface area contributed by atoms with E-state index in [2.05, 4.69) is 22.3 Å². The fraction of sp³-hybridized carbons (Fsp3) is 0.429. The molecule has 348 valence electrons. The predicted molar refractivity (Wildman–Crippen MR) is 245 cm³/mol. The maximum atomic E-state index is 15.3. The minimum Gasteiger partial charge on any atom is -0.381 e. The molecule has 3 amide bonds. The van der Waals surface area contributed by atoms with E-state index in [0.717, 1.165) is 34.9 Å². The Kier molecular flexibility index (Phi) is 10.2. The van der Waals surface area contributed by atoms with E-state index >= 15 is 9.18 Å². The molecule has 2 saturated carbocycles. The molecule has 0 bridgehead atoms. The number of aromatic amines is 1. The molecule has 3 aromatic carbocycles. The van der Waals surface area contributed by atoms with Gasteiger partial charge in [0, 0.05) is 55.9 Å². The highest BCUT2D eigenvalue weighted by molar-refractivity contribution is 7.92. The minimum atomic E-state index is -3.38. The molecule has 2 saturated heterocycles. The number of hydrogen-bond donors (Lipinski definition) is 1. The molecule has 6 aromatic rings. The lowest BCUT2D eigenvalue weighted by atomic mass is 9.91. The Balaban J connectivity index is 0.974. The number of nitrogens with one attached hydrogen (secondary N) is 1. The third kappa shape index (κ3) is 7.04. The number of ether oxygens (including phenoxy) is 1. The number of sulfone groups is 1. The summed E-state index contributed by atoms with van der Waals surface area (Å²) in [6.07, 6.45) is 3.86. The van der Waals surface area contributed by atoms with Gasteiger partial charge in [-0.15, -0.1) is 0 Å². The molecule has 67 heavy (non-hydrogen) atoms. The number of aryl methyl sites for hydroxylation is 2. The number of hydrogen-bond acceptors (Lipinski definition) is 10. The van der Waals surface area contributed by atoms with Gasteiger partial charge in [-0.1, -0.05) is 30.3 Å². The maximum Gasteiger partial charge on any atom is 0.438 e. The normalized spacial score (nSPS) is 22.2. The molecule has 11 rings (SSSR count). The van der Waals surface area contributed by atoms with Gasteiger partial charge in [-0.2, -0.15) is 0 Å². The second-order valence-electron chi connectivity index (χ2n) is 19.0. The van der Waals surface area contributed by atoms with Crippen molar-refractivity contribution in [3.63, 3.8) is 0 Å². The van der Waals surface area contributed by atoms with Gasteiger partial charge >= 0.3 is 11.8 Å². The summed E-state index contributed by atoms with van der Waals surface area (Å²) in [6.45, 7) is 9.31. The summed E-state index contributed by atoms with van der Waals surface area (Å²) in [5, 5.41) is 4.67. The van der Waals surface area contributed by atoms with Crippen LogP contribution in [-0.2, 0) is 33.1 Å². The van der Waals surface area contributed by atoms with Gasteiger partial charge in [0.25, 0.3) is 11.5 Å². The Morgan fingerprint density at radius 3 is 2.30 bits per heavy atom. The summed E-state index contributed by atoms with van der Waals surface area (Å²) >= 11 is 0. The molecule has 1 N–H and O–H groups in total. The number of H-pyrrole nitrogens is 1. The number of amides is 3. The zero-order chi connectivity index (χ0) is 46.7. The zero-order valence-corrected chi connectivity index (χ0v) is 38.6. The highest BCUT2D eigenvalue weighted by Gasteiger charge is 2.59. The Bertz CT molecular complexity index is 3230. The van der Waals surface area contributed by atoms with Crippen LogP contribution in [-0.4, -0.2) is 92.5 Å². The number of anilines is 1. The van der Waals surface area contributed by atoms with Crippen LogP contribution in [0.15, 0.2) is 79.7 Å². The van der Waals surface area contributed by atoms with Crippen molar-refractivity contribution >= 4 is 38.6 Å². The van der Waals surface area contributed by atoms with Crippen molar-refractivity contribution in [1.29, 1.82) is 0 Å². The molecule has 3 aromatic heterocycles. The summed E-state index contributed by atoms with van der Waals surface area (Å²) in [5.41, 5.74) is 3.56. The van der Waals surface area contributed by atoms with Gasteiger partial charge in [0.05, 0.1) is 27.6 Å². The molecule has 3 aliphatic heterocycles. The molecule has 16 nitrogen and oxygen atoms in total. The topological polar surface area (TPSA) is 186 Å². The maximum absolute atomic E-state index is 15.3. The second-order valence-corrected chi connectivity index (χ2v) is 21.2. The summed E-state index contributed by atoms with van der Waals surface area (Å²) in [7, 11) is -3.38. The minimum absolute atomic E-state index is 0.00750. The van der Waals surface area contributed by atoms with Crippen molar-refractivity contribution in [3.8, 4) is 5.69 Å². The van der Waals surface area contributed by atoms with Gasteiger partial charge in [0.15, 0.2) is 15.7 Å². The number of fused-ring (bicyclic) bond motifs is 2. The average Bonchev–Trinajstić information content (AvgIpc) is 4.16. The number of carbonyl (C=O) groups is 2. The van der Waals surface area contributed by atoms with Gasteiger partial charge in [-0.25, -0.2) is 31.9 Å². The number of carbonyl (C=O) groups excluding carboxylic acids is 2. The fourth-order valence-electron chi connectivity index (χ4n) is 10.8. The van der Waals surface area contributed by atoms with Gasteiger partial charge in [-0.05, 0) is 136 Å². The van der Waals surface area contributed by atoms with Crippen LogP contribution in [0.1, 0.15) is 108 Å². The van der Waals surface area contributed by atoms with Crippen LogP contribution in [0.2, 0.25) is 0 Å². The summed E-state index contributed by atoms with van der Waals surface area (Å²) in [4.78, 5) is 70.1. The van der Waals surface area contributed by atoms with Crippen molar-refractivity contribution in [2.45, 2.75) is 100 Å². The van der Waals surface area contributed by atoms with Crippen molar-refractivity contribution in [3.05, 3.63) is 132 Å². The molecule has 2 aliphatic carbocycles. The van der Waals surface area contributed by atoms with E-state index in [0.29, 0.717) is 78.0 Å². The van der Waals surface area contributed by atoms with Crippen LogP contribution < -0.4 is 16.2 Å². The fourth-order valence-corrected chi connectivity index (χ4v) is 12.4. The monoisotopic (exact) mass is 930 g/mol. The first-order valence-corrected chi connectivity index (χ1v) is 24.6. The van der Waals surface area contributed by atoms with Crippen LogP contribution in [0.25, 0.3) is 16.6 Å². The lowest BCUT2D eigenvalue weighted by Crippen LogP contribution is -2.45. The molecule has 0 radical (unpaired) electrons. The zero-order valence-electron chi connectivity index (χ0n) is 37.8. The molecular weight excluding hydrogens is 880 g/mol. The number of nitrogens with zero attached hydrogens (tertiary/aromatic N) is 7. The number of rotatable bonds is 10. The molecule has 4 fully saturated rings. The van der Waals surface area contributed by atoms with E-state index in [-0.39, 0.29) is 60.5 Å². The van der Waals surface area contributed by atoms with Gasteiger partial charge in [0.1, 0.15) is 17.1 Å². The number of benzene rings is 3. The summed E-state index contributed by atoms with van der Waals surface area (Å²) in [5.74, 6) is -0.705. The highest BCUT2D eigenvalue weighted by atomic mass is 32.2. The second kappa shape index (κ2) is 15.9. The Morgan fingerprint density at radius 2 is 1.64 bits per heavy atom. The van der Waals surface area contributed by atoms with E-state index in [1.807, 2.05) is 30.5 Å². The smallest absolute Gasteiger partial charge is 0.381 e. The van der Waals surface area contributed by atoms with Gasteiger partial charge < -0.3 is 19.1 Å². The van der Waals surface area contributed by atoms with Crippen LogP contribution in [0.3, 0.4) is 0 Å². The number of urea groups is 1. The lowest BCUT2D eigenvalue weighted by Gasteiger charge is -2.36. The first-order valence-electron chi connectivity index (χ1n) is 23.1. The van der Waals surface area contributed by atoms with Crippen molar-refractivity contribution in [2.24, 2.45) is 5.92 Å². The Hall–Kier alpha value is -6.40. The van der Waals surface area contributed by atoms with Crippen LogP contribution in [0.5, 0.6) is 0 Å². The van der Waals surface area contributed by atoms with Crippen molar-refractivity contribution in [2.75, 3.05) is 37.7 Å². The first kappa shape index (κ1) is 43.2. The van der Waals surface area contributed by atoms with Crippen LogP contribution in [0.4, 0.5) is 15.1 Å². The molecular formula is C49H51FN8O8S. The predicted octanol–water partition coefficient (Wildman–Crippen LogP) is 6.43. The van der Waals surface area contributed by atoms with Crippen LogP contribution in [0, 0.1) is 25.6 Å². The van der Waals surface area contributed by atoms with Gasteiger partial charge in [0.2, 0.25) is 5.95 Å². The third-order valence-electron chi connectivity index (χ3n) is 14.8. The average molecular weight is 931 g/mol. The quantitative estimate of drug-likeness (QED) is 0.160. The SMILES string of the molecule is Cc1cc(-n2c(N3CCN(Cc4ccc(S(=O)(=O)C5CC5)cc4)C3=O)nc3c(c2=O)CCN(C(=O)c2cc4cc(C5CCOCC5)ccc4n2[C@@]2(c4noc(=O)[nH]4)C[C@H]2C)[C@H]3C)cc(C)c1F. The third-order valence-corrected chi connectivity index (χ3v) is 17.1. The standard InChI is InChI=1S/C49H51FN8O8S/c1-27-21-35(22-28(2)41(27)50)57-43(59)38-13-16-55(30(4)42(38)51-46(57)56-18-17-54(48(56)62)26-31-5-8-36(9-6-31)67(63,64)37-10-11-37)44(60)40-24-34-23-33(32-14-19-65-20-15-32)7-12-39(34)58(40)49(25-29(49)3)45-52-47(61)66-53-45/h5-9,12,21-24,29-30,32,37H,10-11,13-20,25-26H2,1-4H3,(H,52,53,61)/t29-,30+,49+/m1/s1. The number of halogens is 1. The van der Waals surface area contributed by atoms with Crippen LogP contribution >= 0.6 is 0 Å². The van der Waals surface area contributed by atoms with E-state index in [1.165, 1.54) is 9.47 Å². The van der Waals surface area contributed by atoms with E-state index in [1.54, 1.807) is 60.0 Å². The largest absolute Gasteiger partial charge is 0.438 e. The Morgan fingerprint density at radius 1 is 0.925 bits per heavy atom. The van der Waals surface area contributed by atoms with E-state index < -0.39 is 44.6 Å².